The predicted octanol–water partition coefficient (Wildman–Crippen LogP) is 3.21. The lowest BCUT2D eigenvalue weighted by Crippen LogP contribution is -2.42. The van der Waals surface area contributed by atoms with Crippen LogP contribution in [0.1, 0.15) is 36.8 Å². The third kappa shape index (κ3) is 5.80. The standard InChI is InChI=1S/C24H32FN3O2/c1-2-26-23(27-16-20(17-29)19-6-4-3-5-7-19)28-18-24(12-14-30-15-13-24)21-8-10-22(25)11-9-21/h3-11,20,29H,2,12-18H2,1H3,(H2,26,27,28). The summed E-state index contributed by atoms with van der Waals surface area (Å²) in [4.78, 5) is 4.87. The summed E-state index contributed by atoms with van der Waals surface area (Å²) in [6.07, 6.45) is 1.70. The van der Waals surface area contributed by atoms with Crippen molar-refractivity contribution in [3.8, 4) is 0 Å². The quantitative estimate of drug-likeness (QED) is 0.459. The van der Waals surface area contributed by atoms with Gasteiger partial charge in [0.2, 0.25) is 0 Å². The van der Waals surface area contributed by atoms with Crippen LogP contribution in [-0.4, -0.2) is 50.5 Å². The number of hydrogen-bond donors (Lipinski definition) is 3. The second-order valence-electron chi connectivity index (χ2n) is 7.77. The summed E-state index contributed by atoms with van der Waals surface area (Å²) in [5, 5.41) is 16.5. The van der Waals surface area contributed by atoms with E-state index in [0.717, 1.165) is 36.5 Å². The fourth-order valence-corrected chi connectivity index (χ4v) is 3.91. The summed E-state index contributed by atoms with van der Waals surface area (Å²) in [6.45, 7) is 5.36. The minimum atomic E-state index is -0.226. The van der Waals surface area contributed by atoms with E-state index in [4.69, 9.17) is 9.73 Å². The molecule has 2 aromatic carbocycles. The van der Waals surface area contributed by atoms with E-state index in [9.17, 15) is 9.50 Å². The highest BCUT2D eigenvalue weighted by molar-refractivity contribution is 5.79. The number of nitrogens with one attached hydrogen (secondary N) is 2. The van der Waals surface area contributed by atoms with Gasteiger partial charge in [-0.1, -0.05) is 42.5 Å². The summed E-state index contributed by atoms with van der Waals surface area (Å²) in [7, 11) is 0. The molecule has 0 aliphatic carbocycles. The molecule has 0 radical (unpaired) electrons. The van der Waals surface area contributed by atoms with Gasteiger partial charge in [-0.3, -0.25) is 4.99 Å². The zero-order valence-electron chi connectivity index (χ0n) is 17.6. The Bertz CT molecular complexity index is 790. The number of nitrogens with zero attached hydrogens (tertiary/aromatic N) is 1. The van der Waals surface area contributed by atoms with Crippen molar-refractivity contribution in [2.75, 3.05) is 39.5 Å². The first kappa shape index (κ1) is 22.2. The molecule has 1 unspecified atom stereocenters. The second kappa shape index (κ2) is 11.1. The number of aliphatic imine (C=N–C) groups is 1. The van der Waals surface area contributed by atoms with E-state index in [-0.39, 0.29) is 23.8 Å². The molecule has 0 saturated carbocycles. The molecule has 6 heteroatoms. The molecule has 1 heterocycles. The molecule has 2 aromatic rings. The van der Waals surface area contributed by atoms with Crippen LogP contribution in [0.4, 0.5) is 4.39 Å². The average Bonchev–Trinajstić information content (AvgIpc) is 2.79. The summed E-state index contributed by atoms with van der Waals surface area (Å²) in [5.74, 6) is 0.486. The topological polar surface area (TPSA) is 65.9 Å². The van der Waals surface area contributed by atoms with E-state index >= 15 is 0 Å². The molecule has 1 saturated heterocycles. The van der Waals surface area contributed by atoms with Crippen LogP contribution >= 0.6 is 0 Å². The molecule has 5 nitrogen and oxygen atoms in total. The largest absolute Gasteiger partial charge is 0.396 e. The van der Waals surface area contributed by atoms with E-state index in [0.29, 0.717) is 26.3 Å². The lowest BCUT2D eigenvalue weighted by Gasteiger charge is -2.36. The van der Waals surface area contributed by atoms with Crippen LogP contribution in [0.5, 0.6) is 0 Å². The lowest BCUT2D eigenvalue weighted by molar-refractivity contribution is 0.0531. The molecular weight excluding hydrogens is 381 g/mol. The SMILES string of the molecule is CCNC(=NCC1(c2ccc(F)cc2)CCOCC1)NCC(CO)c1ccccc1. The van der Waals surface area contributed by atoms with E-state index in [1.807, 2.05) is 49.4 Å². The first-order valence-electron chi connectivity index (χ1n) is 10.7. The van der Waals surface area contributed by atoms with E-state index in [1.54, 1.807) is 0 Å². The second-order valence-corrected chi connectivity index (χ2v) is 7.77. The molecule has 1 atom stereocenters. The maximum absolute atomic E-state index is 13.4. The number of rotatable bonds is 8. The Morgan fingerprint density at radius 3 is 2.43 bits per heavy atom. The smallest absolute Gasteiger partial charge is 0.191 e. The van der Waals surface area contributed by atoms with Crippen LogP contribution in [0.25, 0.3) is 0 Å². The molecule has 162 valence electrons. The number of aliphatic hydroxyl groups is 1. The van der Waals surface area contributed by atoms with Gasteiger partial charge >= 0.3 is 0 Å². The van der Waals surface area contributed by atoms with Gasteiger partial charge in [0.15, 0.2) is 5.96 Å². The summed E-state index contributed by atoms with van der Waals surface area (Å²) < 4.78 is 19.0. The van der Waals surface area contributed by atoms with Crippen molar-refractivity contribution in [2.45, 2.75) is 31.1 Å². The third-order valence-electron chi connectivity index (χ3n) is 5.80. The number of ether oxygens (including phenoxy) is 1. The number of hydrogen-bond acceptors (Lipinski definition) is 3. The molecule has 1 fully saturated rings. The van der Waals surface area contributed by atoms with Gasteiger partial charge in [0.05, 0.1) is 13.2 Å². The zero-order valence-corrected chi connectivity index (χ0v) is 17.6. The molecule has 30 heavy (non-hydrogen) atoms. The van der Waals surface area contributed by atoms with Crippen molar-refractivity contribution >= 4 is 5.96 Å². The molecule has 3 N–H and O–H groups in total. The van der Waals surface area contributed by atoms with Gasteiger partial charge in [-0.2, -0.15) is 0 Å². The third-order valence-corrected chi connectivity index (χ3v) is 5.80. The minimum absolute atomic E-state index is 0.0100. The van der Waals surface area contributed by atoms with Crippen molar-refractivity contribution in [1.82, 2.24) is 10.6 Å². The van der Waals surface area contributed by atoms with E-state index in [1.165, 1.54) is 12.1 Å². The van der Waals surface area contributed by atoms with Crippen LogP contribution in [0.15, 0.2) is 59.6 Å². The predicted molar refractivity (Wildman–Crippen MR) is 118 cm³/mol. The number of guanidine groups is 1. The Labute approximate surface area is 178 Å². The molecule has 1 aliphatic heterocycles. The van der Waals surface area contributed by atoms with Gasteiger partial charge in [0.25, 0.3) is 0 Å². The Kier molecular flexibility index (Phi) is 8.22. The molecule has 0 amide bonds. The molecule has 3 rings (SSSR count). The Morgan fingerprint density at radius 2 is 1.80 bits per heavy atom. The average molecular weight is 414 g/mol. The van der Waals surface area contributed by atoms with Gasteiger partial charge < -0.3 is 20.5 Å². The van der Waals surface area contributed by atoms with Crippen molar-refractivity contribution in [1.29, 1.82) is 0 Å². The Hall–Kier alpha value is -2.44. The maximum Gasteiger partial charge on any atom is 0.191 e. The van der Waals surface area contributed by atoms with Crippen molar-refractivity contribution in [3.05, 3.63) is 71.5 Å². The molecule has 0 bridgehead atoms. The summed E-state index contributed by atoms with van der Waals surface area (Å²) in [5.41, 5.74) is 2.03. The van der Waals surface area contributed by atoms with Crippen molar-refractivity contribution in [3.63, 3.8) is 0 Å². The highest BCUT2D eigenvalue weighted by Crippen LogP contribution is 2.35. The van der Waals surface area contributed by atoms with Crippen LogP contribution in [0.3, 0.4) is 0 Å². The van der Waals surface area contributed by atoms with E-state index in [2.05, 4.69) is 10.6 Å². The highest BCUT2D eigenvalue weighted by Gasteiger charge is 2.34. The van der Waals surface area contributed by atoms with Gasteiger partial charge in [-0.05, 0) is 43.0 Å². The van der Waals surface area contributed by atoms with Gasteiger partial charge in [-0.15, -0.1) is 0 Å². The highest BCUT2D eigenvalue weighted by atomic mass is 19.1. The summed E-state index contributed by atoms with van der Waals surface area (Å²) in [6, 6.07) is 16.8. The minimum Gasteiger partial charge on any atom is -0.396 e. The van der Waals surface area contributed by atoms with Gasteiger partial charge in [0.1, 0.15) is 5.82 Å². The number of halogens is 1. The Morgan fingerprint density at radius 1 is 1.10 bits per heavy atom. The van der Waals surface area contributed by atoms with Crippen LogP contribution in [-0.2, 0) is 10.2 Å². The Balaban J connectivity index is 1.73. The van der Waals surface area contributed by atoms with Crippen molar-refractivity contribution < 1.29 is 14.2 Å². The monoisotopic (exact) mass is 413 g/mol. The van der Waals surface area contributed by atoms with Gasteiger partial charge in [0, 0.05) is 37.6 Å². The molecule has 1 aliphatic rings. The van der Waals surface area contributed by atoms with Crippen LogP contribution in [0, 0.1) is 5.82 Å². The van der Waals surface area contributed by atoms with Crippen LogP contribution in [0.2, 0.25) is 0 Å². The number of benzene rings is 2. The van der Waals surface area contributed by atoms with Gasteiger partial charge in [-0.25, -0.2) is 4.39 Å². The fraction of sp³-hybridized carbons (Fsp3) is 0.458. The maximum atomic E-state index is 13.4. The molecule has 0 aromatic heterocycles. The summed E-state index contributed by atoms with van der Waals surface area (Å²) >= 11 is 0. The van der Waals surface area contributed by atoms with E-state index < -0.39 is 0 Å². The normalized spacial score (nSPS) is 17.4. The van der Waals surface area contributed by atoms with Crippen LogP contribution < -0.4 is 10.6 Å². The first-order chi connectivity index (χ1) is 14.7. The lowest BCUT2D eigenvalue weighted by atomic mass is 9.74. The zero-order chi connectivity index (χ0) is 21.2. The molecule has 0 spiro atoms. The number of aliphatic hydroxyl groups excluding tert-OH is 1. The fourth-order valence-electron chi connectivity index (χ4n) is 3.91. The molecular formula is C24H32FN3O2. The van der Waals surface area contributed by atoms with Crippen molar-refractivity contribution in [2.24, 2.45) is 4.99 Å². The first-order valence-corrected chi connectivity index (χ1v) is 10.7.